The number of anilines is 3. The van der Waals surface area contributed by atoms with Crippen LogP contribution in [0.5, 0.6) is 0 Å². The zero-order valence-electron chi connectivity index (χ0n) is 23.0. The SMILES string of the molecule is CC(Sc1nc(N)c(C#N)c(-c2ccc(C(C)C)cc2)c1C#N)C(=O)Nc1ccc(S(=O)(=O)Nc2ccccn2)cc1. The molecule has 0 saturated carbocycles. The van der Waals surface area contributed by atoms with Crippen molar-refractivity contribution in [3.63, 3.8) is 0 Å². The molecule has 4 N–H and O–H groups in total. The lowest BCUT2D eigenvalue weighted by molar-refractivity contribution is -0.115. The molecule has 4 rings (SSSR count). The van der Waals surface area contributed by atoms with Crippen molar-refractivity contribution in [3.8, 4) is 23.3 Å². The van der Waals surface area contributed by atoms with Crippen LogP contribution in [0.2, 0.25) is 0 Å². The molecule has 2 aromatic heterocycles. The summed E-state index contributed by atoms with van der Waals surface area (Å²) in [6, 6.07) is 22.3. The minimum atomic E-state index is -3.87. The lowest BCUT2D eigenvalue weighted by atomic mass is 9.94. The molecule has 0 bridgehead atoms. The van der Waals surface area contributed by atoms with E-state index >= 15 is 0 Å². The second-order valence-corrected chi connectivity index (χ2v) is 12.5. The number of carbonyl (C=O) groups excluding carboxylic acids is 1. The van der Waals surface area contributed by atoms with Gasteiger partial charge in [0.15, 0.2) is 0 Å². The van der Waals surface area contributed by atoms with Gasteiger partial charge in [0.25, 0.3) is 10.0 Å². The summed E-state index contributed by atoms with van der Waals surface area (Å²) in [5.41, 5.74) is 8.87. The van der Waals surface area contributed by atoms with E-state index < -0.39 is 21.2 Å². The van der Waals surface area contributed by atoms with Gasteiger partial charge in [-0.05, 0) is 60.4 Å². The molecule has 42 heavy (non-hydrogen) atoms. The maximum absolute atomic E-state index is 13.0. The van der Waals surface area contributed by atoms with Crippen molar-refractivity contribution >= 4 is 45.0 Å². The van der Waals surface area contributed by atoms with Gasteiger partial charge in [-0.25, -0.2) is 18.4 Å². The quantitative estimate of drug-likeness (QED) is 0.210. The Kier molecular flexibility index (Phi) is 9.11. The maximum atomic E-state index is 13.0. The third-order valence-electron chi connectivity index (χ3n) is 6.28. The van der Waals surface area contributed by atoms with E-state index in [-0.39, 0.29) is 32.7 Å². The highest BCUT2D eigenvalue weighted by atomic mass is 32.2. The second kappa shape index (κ2) is 12.7. The minimum Gasteiger partial charge on any atom is -0.383 e. The Morgan fingerprint density at radius 3 is 2.19 bits per heavy atom. The van der Waals surface area contributed by atoms with Crippen molar-refractivity contribution in [1.29, 1.82) is 10.5 Å². The molecule has 212 valence electrons. The van der Waals surface area contributed by atoms with Crippen molar-refractivity contribution < 1.29 is 13.2 Å². The first-order chi connectivity index (χ1) is 20.0. The third-order valence-corrected chi connectivity index (χ3v) is 8.73. The number of sulfonamides is 1. The Hall–Kier alpha value is -4.91. The van der Waals surface area contributed by atoms with Crippen LogP contribution in [-0.2, 0) is 14.8 Å². The summed E-state index contributed by atoms with van der Waals surface area (Å²) in [4.78, 5) is 21.3. The van der Waals surface area contributed by atoms with E-state index in [4.69, 9.17) is 5.73 Å². The number of rotatable bonds is 9. The summed E-state index contributed by atoms with van der Waals surface area (Å²) in [6.45, 7) is 5.78. The van der Waals surface area contributed by atoms with Gasteiger partial charge in [-0.2, -0.15) is 10.5 Å². The van der Waals surface area contributed by atoms with Crippen LogP contribution in [-0.4, -0.2) is 29.5 Å². The van der Waals surface area contributed by atoms with Crippen molar-refractivity contribution in [2.45, 2.75) is 41.9 Å². The number of nitriles is 2. The molecular weight excluding hydrogens is 571 g/mol. The zero-order valence-corrected chi connectivity index (χ0v) is 24.6. The molecule has 0 saturated heterocycles. The predicted molar refractivity (Wildman–Crippen MR) is 163 cm³/mol. The van der Waals surface area contributed by atoms with E-state index in [1.165, 1.54) is 36.5 Å². The van der Waals surface area contributed by atoms with Crippen molar-refractivity contribution in [2.24, 2.45) is 0 Å². The summed E-state index contributed by atoms with van der Waals surface area (Å²) in [7, 11) is -3.87. The summed E-state index contributed by atoms with van der Waals surface area (Å²) in [5.74, 6) is 0.0522. The van der Waals surface area contributed by atoms with Crippen molar-refractivity contribution in [1.82, 2.24) is 9.97 Å². The first-order valence-corrected chi connectivity index (χ1v) is 15.2. The van der Waals surface area contributed by atoms with Gasteiger partial charge in [0.2, 0.25) is 5.91 Å². The molecule has 0 aliphatic rings. The largest absolute Gasteiger partial charge is 0.383 e. The Labute approximate surface area is 248 Å². The van der Waals surface area contributed by atoms with Crippen molar-refractivity contribution in [3.05, 3.63) is 89.6 Å². The van der Waals surface area contributed by atoms with Crippen LogP contribution < -0.4 is 15.8 Å². The summed E-state index contributed by atoms with van der Waals surface area (Å²) in [5, 5.41) is 22.1. The number of nitrogens with zero attached hydrogens (tertiary/aromatic N) is 4. The van der Waals surface area contributed by atoms with E-state index in [1.807, 2.05) is 24.3 Å². The summed E-state index contributed by atoms with van der Waals surface area (Å²) < 4.78 is 27.7. The molecule has 1 amide bonds. The van der Waals surface area contributed by atoms with Gasteiger partial charge >= 0.3 is 0 Å². The van der Waals surface area contributed by atoms with E-state index in [9.17, 15) is 23.7 Å². The van der Waals surface area contributed by atoms with Gasteiger partial charge in [-0.3, -0.25) is 9.52 Å². The van der Waals surface area contributed by atoms with Gasteiger partial charge in [0.05, 0.1) is 15.7 Å². The topological polar surface area (TPSA) is 175 Å². The monoisotopic (exact) mass is 597 g/mol. The third kappa shape index (κ3) is 6.69. The molecule has 2 aromatic carbocycles. The van der Waals surface area contributed by atoms with Crippen LogP contribution in [0.15, 0.2) is 82.8 Å². The number of aromatic nitrogens is 2. The molecule has 12 heteroatoms. The molecule has 0 fully saturated rings. The van der Waals surface area contributed by atoms with Gasteiger partial charge in [-0.15, -0.1) is 0 Å². The highest BCUT2D eigenvalue weighted by molar-refractivity contribution is 8.00. The number of nitrogens with two attached hydrogens (primary N) is 1. The fourth-order valence-corrected chi connectivity index (χ4v) is 5.93. The number of hydrogen-bond donors (Lipinski definition) is 3. The molecule has 2 heterocycles. The normalized spacial score (nSPS) is 11.8. The molecule has 0 radical (unpaired) electrons. The Morgan fingerprint density at radius 1 is 0.952 bits per heavy atom. The van der Waals surface area contributed by atoms with Gasteiger partial charge in [-0.1, -0.05) is 55.9 Å². The number of carbonyl (C=O) groups is 1. The Morgan fingerprint density at radius 2 is 1.62 bits per heavy atom. The van der Waals surface area contributed by atoms with E-state index in [0.717, 1.165) is 17.3 Å². The second-order valence-electron chi connectivity index (χ2n) is 9.52. The highest BCUT2D eigenvalue weighted by Crippen LogP contribution is 2.37. The number of amides is 1. The van der Waals surface area contributed by atoms with Crippen LogP contribution in [0, 0.1) is 22.7 Å². The van der Waals surface area contributed by atoms with Gasteiger partial charge < -0.3 is 11.1 Å². The lowest BCUT2D eigenvalue weighted by Gasteiger charge is -2.16. The van der Waals surface area contributed by atoms with E-state index in [1.54, 1.807) is 19.1 Å². The molecule has 0 aliphatic carbocycles. The zero-order chi connectivity index (χ0) is 30.4. The first-order valence-electron chi connectivity index (χ1n) is 12.8. The van der Waals surface area contributed by atoms with Gasteiger partial charge in [0, 0.05) is 17.4 Å². The van der Waals surface area contributed by atoms with Crippen molar-refractivity contribution in [2.75, 3.05) is 15.8 Å². The Balaban J connectivity index is 1.53. The van der Waals surface area contributed by atoms with Crippen LogP contribution in [0.4, 0.5) is 17.3 Å². The van der Waals surface area contributed by atoms with Gasteiger partial charge in [0.1, 0.15) is 34.4 Å². The molecular formula is C30H27N7O3S2. The van der Waals surface area contributed by atoms with E-state index in [0.29, 0.717) is 22.7 Å². The summed E-state index contributed by atoms with van der Waals surface area (Å²) in [6.07, 6.45) is 1.47. The van der Waals surface area contributed by atoms with Crippen LogP contribution >= 0.6 is 11.8 Å². The number of benzene rings is 2. The van der Waals surface area contributed by atoms with E-state index in [2.05, 4.69) is 46.0 Å². The molecule has 1 unspecified atom stereocenters. The standard InChI is InChI=1S/C30H27N7O3S2/c1-18(2)20-7-9-21(10-8-20)27-24(16-31)28(33)36-30(25(27)17-32)41-19(3)29(38)35-22-11-13-23(14-12-22)42(39,40)37-26-6-4-5-15-34-26/h4-15,18-19H,1-3H3,(H2,33,36)(H,34,37)(H,35,38). The number of thioether (sulfide) groups is 1. The molecule has 0 spiro atoms. The number of pyridine rings is 2. The minimum absolute atomic E-state index is 0.00143. The fraction of sp³-hybridized carbons (Fsp3) is 0.167. The molecule has 10 nitrogen and oxygen atoms in total. The number of nitrogen functional groups attached to an aromatic ring is 1. The lowest BCUT2D eigenvalue weighted by Crippen LogP contribution is -2.23. The Bertz CT molecular complexity index is 1800. The van der Waals surface area contributed by atoms with Crippen LogP contribution in [0.1, 0.15) is 43.4 Å². The molecule has 0 aliphatic heterocycles. The highest BCUT2D eigenvalue weighted by Gasteiger charge is 2.24. The average molecular weight is 598 g/mol. The number of nitrogens with one attached hydrogen (secondary N) is 2. The predicted octanol–water partition coefficient (Wildman–Crippen LogP) is 5.51. The van der Waals surface area contributed by atoms with Crippen LogP contribution in [0.25, 0.3) is 11.1 Å². The molecule has 4 aromatic rings. The smallest absolute Gasteiger partial charge is 0.263 e. The molecule has 1 atom stereocenters. The maximum Gasteiger partial charge on any atom is 0.263 e. The first kappa shape index (κ1) is 30.1. The fourth-order valence-electron chi connectivity index (χ4n) is 4.01. The average Bonchev–Trinajstić information content (AvgIpc) is 2.97. The summed E-state index contributed by atoms with van der Waals surface area (Å²) >= 11 is 1.03. The van der Waals surface area contributed by atoms with Crippen LogP contribution in [0.3, 0.4) is 0 Å². The number of hydrogen-bond acceptors (Lipinski definition) is 9.